The van der Waals surface area contributed by atoms with E-state index in [0.29, 0.717) is 14.5 Å². The predicted molar refractivity (Wildman–Crippen MR) is 65.7 cm³/mol. The van der Waals surface area contributed by atoms with Crippen molar-refractivity contribution in [1.82, 2.24) is 4.90 Å². The number of likely N-dealkylation sites (tertiary alicyclic amines) is 1. The zero-order valence-corrected chi connectivity index (χ0v) is 10.7. The average Bonchev–Trinajstić information content (AvgIpc) is 2.83. The molecule has 78 valence electrons. The van der Waals surface area contributed by atoms with Gasteiger partial charge in [0.2, 0.25) is 0 Å². The SMILES string of the molecule is CN1CC[C@H](c2c[se]c3ccccc23)C1. The van der Waals surface area contributed by atoms with Gasteiger partial charge in [-0.1, -0.05) is 0 Å². The molecule has 1 aromatic heterocycles. The number of hydrogen-bond acceptors (Lipinski definition) is 1. The van der Waals surface area contributed by atoms with E-state index in [1.165, 1.54) is 24.9 Å². The molecular weight excluding hydrogens is 249 g/mol. The van der Waals surface area contributed by atoms with Crippen LogP contribution in [-0.4, -0.2) is 39.5 Å². The van der Waals surface area contributed by atoms with Gasteiger partial charge in [-0.15, -0.1) is 0 Å². The number of benzene rings is 1. The van der Waals surface area contributed by atoms with E-state index in [0.717, 1.165) is 5.92 Å². The van der Waals surface area contributed by atoms with Gasteiger partial charge in [0.25, 0.3) is 0 Å². The molecule has 1 aliphatic rings. The summed E-state index contributed by atoms with van der Waals surface area (Å²) in [6.07, 6.45) is 1.34. The quantitative estimate of drug-likeness (QED) is 0.714. The molecule has 1 aliphatic heterocycles. The fraction of sp³-hybridized carbons (Fsp3) is 0.385. The van der Waals surface area contributed by atoms with Crippen LogP contribution >= 0.6 is 0 Å². The summed E-state index contributed by atoms with van der Waals surface area (Å²) in [7, 11) is 2.23. The molecule has 15 heavy (non-hydrogen) atoms. The van der Waals surface area contributed by atoms with Gasteiger partial charge >= 0.3 is 96.3 Å². The summed E-state index contributed by atoms with van der Waals surface area (Å²) in [5.74, 6) is 0.792. The maximum atomic E-state index is 2.50. The first kappa shape index (κ1) is 9.65. The van der Waals surface area contributed by atoms with E-state index in [2.05, 4.69) is 41.2 Å². The van der Waals surface area contributed by atoms with Crippen molar-refractivity contribution in [2.75, 3.05) is 20.1 Å². The summed E-state index contributed by atoms with van der Waals surface area (Å²) in [4.78, 5) is 4.95. The molecule has 1 aromatic carbocycles. The molecular formula is C13H15NSe. The second-order valence-electron chi connectivity index (χ2n) is 4.44. The van der Waals surface area contributed by atoms with Crippen molar-refractivity contribution in [2.45, 2.75) is 12.3 Å². The Morgan fingerprint density at radius 2 is 2.20 bits per heavy atom. The van der Waals surface area contributed by atoms with Gasteiger partial charge in [0.15, 0.2) is 0 Å². The molecule has 0 N–H and O–H groups in total. The second-order valence-corrected chi connectivity index (χ2v) is 6.35. The Bertz CT molecular complexity index is 474. The maximum absolute atomic E-state index is 2.50. The normalized spacial score (nSPS) is 22.6. The molecule has 2 heterocycles. The van der Waals surface area contributed by atoms with Crippen LogP contribution < -0.4 is 0 Å². The number of fused-ring (bicyclic) bond motifs is 1. The van der Waals surface area contributed by atoms with Gasteiger partial charge in [-0.3, -0.25) is 0 Å². The van der Waals surface area contributed by atoms with E-state index in [-0.39, 0.29) is 0 Å². The summed E-state index contributed by atoms with van der Waals surface area (Å²) >= 11 is 0.590. The van der Waals surface area contributed by atoms with E-state index < -0.39 is 0 Å². The van der Waals surface area contributed by atoms with E-state index in [1.807, 2.05) is 0 Å². The topological polar surface area (TPSA) is 3.24 Å². The Hall–Kier alpha value is -0.561. The molecule has 0 unspecified atom stereocenters. The minimum absolute atomic E-state index is 0.590. The summed E-state index contributed by atoms with van der Waals surface area (Å²) in [5.41, 5.74) is 1.63. The molecule has 0 amide bonds. The number of rotatable bonds is 1. The van der Waals surface area contributed by atoms with Crippen LogP contribution in [0.4, 0.5) is 0 Å². The van der Waals surface area contributed by atoms with Crippen molar-refractivity contribution in [2.24, 2.45) is 0 Å². The van der Waals surface area contributed by atoms with Crippen LogP contribution in [0.2, 0.25) is 0 Å². The van der Waals surface area contributed by atoms with Crippen LogP contribution in [0, 0.1) is 0 Å². The Balaban J connectivity index is 2.04. The molecule has 2 heteroatoms. The van der Waals surface area contributed by atoms with Gasteiger partial charge in [0.05, 0.1) is 0 Å². The Morgan fingerprint density at radius 1 is 1.33 bits per heavy atom. The third kappa shape index (κ3) is 1.67. The van der Waals surface area contributed by atoms with Gasteiger partial charge < -0.3 is 0 Å². The molecule has 1 saturated heterocycles. The molecule has 0 aliphatic carbocycles. The molecule has 0 saturated carbocycles. The zero-order valence-electron chi connectivity index (χ0n) is 8.94. The van der Waals surface area contributed by atoms with E-state index in [9.17, 15) is 0 Å². The fourth-order valence-electron chi connectivity index (χ4n) is 2.50. The van der Waals surface area contributed by atoms with E-state index >= 15 is 0 Å². The van der Waals surface area contributed by atoms with E-state index in [4.69, 9.17) is 0 Å². The van der Waals surface area contributed by atoms with Crippen LogP contribution in [0.3, 0.4) is 0 Å². The molecule has 2 aromatic rings. The van der Waals surface area contributed by atoms with Crippen molar-refractivity contribution in [1.29, 1.82) is 0 Å². The monoisotopic (exact) mass is 265 g/mol. The van der Waals surface area contributed by atoms with Crippen LogP contribution in [0.25, 0.3) is 9.65 Å². The van der Waals surface area contributed by atoms with Crippen molar-refractivity contribution in [3.05, 3.63) is 34.8 Å². The van der Waals surface area contributed by atoms with Crippen LogP contribution in [0.1, 0.15) is 17.9 Å². The predicted octanol–water partition coefficient (Wildman–Crippen LogP) is 2.32. The van der Waals surface area contributed by atoms with Crippen molar-refractivity contribution in [3.8, 4) is 0 Å². The number of nitrogens with zero attached hydrogens (tertiary/aromatic N) is 1. The van der Waals surface area contributed by atoms with Gasteiger partial charge in [-0.2, -0.15) is 0 Å². The Kier molecular flexibility index (Phi) is 2.44. The van der Waals surface area contributed by atoms with Gasteiger partial charge in [-0.25, -0.2) is 0 Å². The van der Waals surface area contributed by atoms with Gasteiger partial charge in [0.1, 0.15) is 0 Å². The first-order chi connectivity index (χ1) is 7.34. The molecule has 1 nitrogen and oxygen atoms in total. The van der Waals surface area contributed by atoms with Gasteiger partial charge in [0, 0.05) is 0 Å². The third-order valence-corrected chi connectivity index (χ3v) is 5.40. The number of likely N-dealkylation sites (N-methyl/N-ethyl adjacent to an activating group) is 1. The Morgan fingerprint density at radius 3 is 3.00 bits per heavy atom. The summed E-state index contributed by atoms with van der Waals surface area (Å²) in [6, 6.07) is 8.93. The van der Waals surface area contributed by atoms with E-state index in [1.54, 1.807) is 9.82 Å². The molecule has 1 atom stereocenters. The summed E-state index contributed by atoms with van der Waals surface area (Å²) in [5, 5.41) is 1.54. The zero-order chi connectivity index (χ0) is 10.3. The van der Waals surface area contributed by atoms with Crippen LogP contribution in [0.15, 0.2) is 29.2 Å². The van der Waals surface area contributed by atoms with Crippen molar-refractivity contribution in [3.63, 3.8) is 0 Å². The minimum atomic E-state index is 0.590. The van der Waals surface area contributed by atoms with Crippen LogP contribution in [0.5, 0.6) is 0 Å². The average molecular weight is 264 g/mol. The fourth-order valence-corrected chi connectivity index (χ4v) is 4.69. The van der Waals surface area contributed by atoms with Gasteiger partial charge in [-0.05, 0) is 0 Å². The standard InChI is InChI=1S/C13H15NSe/c1-14-7-6-10(8-14)12-9-15-13-5-3-2-4-11(12)13/h2-5,9-10H,6-8H2,1H3/t10-/m0/s1. The molecule has 0 spiro atoms. The third-order valence-electron chi connectivity index (χ3n) is 3.34. The number of hydrogen-bond donors (Lipinski definition) is 0. The first-order valence-corrected chi connectivity index (χ1v) is 7.34. The molecule has 3 rings (SSSR count). The molecule has 0 radical (unpaired) electrons. The first-order valence-electron chi connectivity index (χ1n) is 5.49. The second kappa shape index (κ2) is 3.79. The summed E-state index contributed by atoms with van der Waals surface area (Å²) < 4.78 is 1.58. The van der Waals surface area contributed by atoms with Crippen LogP contribution in [-0.2, 0) is 0 Å². The molecule has 0 bridgehead atoms. The Labute approximate surface area is 96.4 Å². The van der Waals surface area contributed by atoms with Crippen molar-refractivity contribution < 1.29 is 0 Å². The summed E-state index contributed by atoms with van der Waals surface area (Å²) in [6.45, 7) is 2.51. The molecule has 1 fully saturated rings. The van der Waals surface area contributed by atoms with Crippen molar-refractivity contribution >= 4 is 24.1 Å².